The third-order valence-corrected chi connectivity index (χ3v) is 4.53. The van der Waals surface area contributed by atoms with Crippen LogP contribution in [0.2, 0.25) is 10.2 Å². The molecule has 18 heavy (non-hydrogen) atoms. The van der Waals surface area contributed by atoms with E-state index in [1.165, 1.54) is 0 Å². The van der Waals surface area contributed by atoms with Gasteiger partial charge in [-0.05, 0) is 11.6 Å². The van der Waals surface area contributed by atoms with Crippen molar-refractivity contribution < 1.29 is 0 Å². The van der Waals surface area contributed by atoms with Gasteiger partial charge in [-0.15, -0.1) is 0 Å². The summed E-state index contributed by atoms with van der Waals surface area (Å²) < 4.78 is 0. The van der Waals surface area contributed by atoms with E-state index in [1.807, 2.05) is 36.0 Å². The normalized spacial score (nSPS) is 13.7. The second-order valence-corrected chi connectivity index (χ2v) is 5.87. The highest BCUT2D eigenvalue weighted by Crippen LogP contribution is 2.32. The van der Waals surface area contributed by atoms with Gasteiger partial charge in [-0.3, -0.25) is 0 Å². The number of hydrogen-bond acceptors (Lipinski definition) is 3. The number of aromatic nitrogens is 2. The summed E-state index contributed by atoms with van der Waals surface area (Å²) in [4.78, 5) is 8.94. The number of halogens is 2. The summed E-state index contributed by atoms with van der Waals surface area (Å²) in [6, 6.07) is 7.74. The van der Waals surface area contributed by atoms with Crippen LogP contribution in [0.5, 0.6) is 0 Å². The molecule has 0 unspecified atom stereocenters. The van der Waals surface area contributed by atoms with Crippen molar-refractivity contribution in [3.05, 3.63) is 57.1 Å². The third kappa shape index (κ3) is 2.35. The molecule has 0 fully saturated rings. The zero-order chi connectivity index (χ0) is 12.5. The van der Waals surface area contributed by atoms with Crippen LogP contribution >= 0.6 is 35.0 Å². The topological polar surface area (TPSA) is 25.8 Å². The average Bonchev–Trinajstić information content (AvgIpc) is 2.81. The summed E-state index contributed by atoms with van der Waals surface area (Å²) in [7, 11) is 0. The standard InChI is InChI=1S/C13H10Cl2N2S/c14-10-4-2-1-3-8(10)5-12-16-11-7-18-6-9(11)13(15)17-12/h1-4H,5-7H2. The van der Waals surface area contributed by atoms with E-state index in [9.17, 15) is 0 Å². The summed E-state index contributed by atoms with van der Waals surface area (Å²) >= 11 is 14.1. The van der Waals surface area contributed by atoms with Crippen LogP contribution < -0.4 is 0 Å². The van der Waals surface area contributed by atoms with Crippen LogP contribution in [0.25, 0.3) is 0 Å². The molecule has 92 valence electrons. The number of nitrogens with zero attached hydrogens (tertiary/aromatic N) is 2. The van der Waals surface area contributed by atoms with Crippen LogP contribution in [-0.4, -0.2) is 9.97 Å². The van der Waals surface area contributed by atoms with E-state index in [1.54, 1.807) is 0 Å². The van der Waals surface area contributed by atoms with Crippen molar-refractivity contribution in [2.24, 2.45) is 0 Å². The maximum absolute atomic E-state index is 6.18. The van der Waals surface area contributed by atoms with Crippen molar-refractivity contribution in [2.75, 3.05) is 0 Å². The molecule has 0 saturated carbocycles. The van der Waals surface area contributed by atoms with Gasteiger partial charge in [0.2, 0.25) is 0 Å². The SMILES string of the molecule is Clc1ccccc1Cc1nc(Cl)c2c(n1)CSC2. The van der Waals surface area contributed by atoms with Gasteiger partial charge in [0, 0.05) is 28.5 Å². The van der Waals surface area contributed by atoms with Gasteiger partial charge in [-0.25, -0.2) is 9.97 Å². The first-order chi connectivity index (χ1) is 8.74. The molecule has 0 aliphatic carbocycles. The Balaban J connectivity index is 1.95. The average molecular weight is 297 g/mol. The van der Waals surface area contributed by atoms with E-state index in [4.69, 9.17) is 23.2 Å². The minimum Gasteiger partial charge on any atom is -0.236 e. The molecule has 2 aromatic rings. The fourth-order valence-electron chi connectivity index (χ4n) is 1.95. The van der Waals surface area contributed by atoms with Crippen molar-refractivity contribution in [3.8, 4) is 0 Å². The van der Waals surface area contributed by atoms with Gasteiger partial charge in [-0.2, -0.15) is 11.8 Å². The minimum absolute atomic E-state index is 0.590. The van der Waals surface area contributed by atoms with Crippen molar-refractivity contribution in [3.63, 3.8) is 0 Å². The molecule has 1 aliphatic heterocycles. The number of benzene rings is 1. The molecule has 5 heteroatoms. The van der Waals surface area contributed by atoms with Crippen LogP contribution in [0.1, 0.15) is 22.6 Å². The first-order valence-corrected chi connectivity index (χ1v) is 7.50. The Kier molecular flexibility index (Phi) is 3.46. The smallest absolute Gasteiger partial charge is 0.137 e. The Morgan fingerprint density at radius 2 is 1.94 bits per heavy atom. The minimum atomic E-state index is 0.590. The molecule has 0 radical (unpaired) electrons. The first-order valence-electron chi connectivity index (χ1n) is 5.59. The van der Waals surface area contributed by atoms with Gasteiger partial charge < -0.3 is 0 Å². The van der Waals surface area contributed by atoms with Crippen molar-refractivity contribution in [1.29, 1.82) is 0 Å². The summed E-state index contributed by atoms with van der Waals surface area (Å²) in [6.45, 7) is 0. The van der Waals surface area contributed by atoms with Gasteiger partial charge in [-0.1, -0.05) is 41.4 Å². The van der Waals surface area contributed by atoms with Gasteiger partial charge >= 0.3 is 0 Å². The van der Waals surface area contributed by atoms with E-state index in [0.717, 1.165) is 39.2 Å². The number of rotatable bonds is 2. The van der Waals surface area contributed by atoms with Gasteiger partial charge in [0.05, 0.1) is 5.69 Å². The van der Waals surface area contributed by atoms with E-state index < -0.39 is 0 Å². The molecule has 3 rings (SSSR count). The number of thioether (sulfide) groups is 1. The molecule has 1 aromatic heterocycles. The van der Waals surface area contributed by atoms with Gasteiger partial charge in [0.15, 0.2) is 0 Å². The summed E-state index contributed by atoms with van der Waals surface area (Å²) in [5, 5.41) is 1.33. The molecule has 0 bridgehead atoms. The number of fused-ring (bicyclic) bond motifs is 1. The summed E-state index contributed by atoms with van der Waals surface area (Å²) in [6.07, 6.45) is 0.622. The Bertz CT molecular complexity index is 602. The van der Waals surface area contributed by atoms with Gasteiger partial charge in [0.1, 0.15) is 11.0 Å². The molecule has 2 heterocycles. The van der Waals surface area contributed by atoms with Gasteiger partial charge in [0.25, 0.3) is 0 Å². The predicted octanol–water partition coefficient (Wildman–Crippen LogP) is 4.12. The quantitative estimate of drug-likeness (QED) is 0.780. The predicted molar refractivity (Wildman–Crippen MR) is 76.3 cm³/mol. The Labute approximate surface area is 120 Å². The molecule has 0 amide bonds. The van der Waals surface area contributed by atoms with Crippen LogP contribution in [-0.2, 0) is 17.9 Å². The van der Waals surface area contributed by atoms with Crippen molar-refractivity contribution in [2.45, 2.75) is 17.9 Å². The van der Waals surface area contributed by atoms with E-state index in [0.29, 0.717) is 11.6 Å². The van der Waals surface area contributed by atoms with Crippen molar-refractivity contribution in [1.82, 2.24) is 9.97 Å². The molecular formula is C13H10Cl2N2S. The van der Waals surface area contributed by atoms with E-state index >= 15 is 0 Å². The highest BCUT2D eigenvalue weighted by molar-refractivity contribution is 7.98. The summed E-state index contributed by atoms with van der Waals surface area (Å²) in [5.74, 6) is 2.59. The van der Waals surface area contributed by atoms with Crippen LogP contribution in [0, 0.1) is 0 Å². The van der Waals surface area contributed by atoms with E-state index in [-0.39, 0.29) is 0 Å². The first kappa shape index (κ1) is 12.3. The lowest BCUT2D eigenvalue weighted by Crippen LogP contribution is -2.02. The lowest BCUT2D eigenvalue weighted by atomic mass is 10.1. The molecule has 2 nitrogen and oxygen atoms in total. The van der Waals surface area contributed by atoms with E-state index in [2.05, 4.69) is 9.97 Å². The molecule has 1 aromatic carbocycles. The Morgan fingerprint density at radius 1 is 1.11 bits per heavy atom. The molecular weight excluding hydrogens is 287 g/mol. The second-order valence-electron chi connectivity index (χ2n) is 4.12. The zero-order valence-electron chi connectivity index (χ0n) is 9.49. The zero-order valence-corrected chi connectivity index (χ0v) is 11.8. The van der Waals surface area contributed by atoms with Crippen LogP contribution in [0.3, 0.4) is 0 Å². The Hall–Kier alpha value is -0.770. The lowest BCUT2D eigenvalue weighted by molar-refractivity contribution is 0.928. The largest absolute Gasteiger partial charge is 0.236 e. The fraction of sp³-hybridized carbons (Fsp3) is 0.231. The maximum Gasteiger partial charge on any atom is 0.137 e. The Morgan fingerprint density at radius 3 is 2.78 bits per heavy atom. The second kappa shape index (κ2) is 5.08. The fourth-order valence-corrected chi connectivity index (χ4v) is 3.55. The third-order valence-electron chi connectivity index (χ3n) is 2.88. The summed E-state index contributed by atoms with van der Waals surface area (Å²) in [5.41, 5.74) is 3.19. The van der Waals surface area contributed by atoms with Crippen molar-refractivity contribution >= 4 is 35.0 Å². The number of hydrogen-bond donors (Lipinski definition) is 0. The monoisotopic (exact) mass is 296 g/mol. The highest BCUT2D eigenvalue weighted by atomic mass is 35.5. The molecule has 0 atom stereocenters. The van der Waals surface area contributed by atoms with Crippen LogP contribution in [0.4, 0.5) is 0 Å². The molecule has 0 spiro atoms. The maximum atomic E-state index is 6.18. The highest BCUT2D eigenvalue weighted by Gasteiger charge is 2.18. The van der Waals surface area contributed by atoms with Crippen LogP contribution in [0.15, 0.2) is 24.3 Å². The lowest BCUT2D eigenvalue weighted by Gasteiger charge is -2.06. The molecule has 1 aliphatic rings. The molecule has 0 saturated heterocycles. The molecule has 0 N–H and O–H groups in total.